The Hall–Kier alpha value is -2.18. The van der Waals surface area contributed by atoms with Crippen molar-refractivity contribution in [3.63, 3.8) is 0 Å². The molecule has 1 unspecified atom stereocenters. The average molecular weight is 376 g/mol. The van der Waals surface area contributed by atoms with Crippen LogP contribution in [0.4, 0.5) is 5.69 Å². The first-order valence-electron chi connectivity index (χ1n) is 7.08. The summed E-state index contributed by atoms with van der Waals surface area (Å²) in [6.45, 7) is 0.0455. The van der Waals surface area contributed by atoms with Crippen molar-refractivity contribution in [3.05, 3.63) is 64.6 Å². The molecule has 3 N–H and O–H groups in total. The van der Waals surface area contributed by atoms with Crippen molar-refractivity contribution in [2.45, 2.75) is 6.04 Å². The van der Waals surface area contributed by atoms with Crippen LogP contribution in [-0.2, 0) is 9.59 Å². The number of carbonyl (C=O) groups is 2. The molecular weight excluding hydrogens is 358 g/mol. The third kappa shape index (κ3) is 4.64. The van der Waals surface area contributed by atoms with Crippen molar-refractivity contribution in [1.82, 2.24) is 4.90 Å². The Bertz CT molecular complexity index is 691. The Kier molecular flexibility index (Phi) is 5.90. The number of nitrogens with zero attached hydrogens (tertiary/aromatic N) is 1. The predicted molar refractivity (Wildman–Crippen MR) is 93.8 cm³/mol. The number of halogens is 1. The van der Waals surface area contributed by atoms with Gasteiger partial charge in [0.1, 0.15) is 6.04 Å². The maximum atomic E-state index is 12.2. The van der Waals surface area contributed by atoms with E-state index in [9.17, 15) is 9.59 Å². The normalized spacial score (nSPS) is 12.0. The third-order valence-corrected chi connectivity index (χ3v) is 4.06. The fraction of sp³-hybridized carbons (Fsp3) is 0.176. The van der Waals surface area contributed by atoms with Gasteiger partial charge in [-0.2, -0.15) is 0 Å². The van der Waals surface area contributed by atoms with Crippen LogP contribution in [0.5, 0.6) is 0 Å². The molecule has 23 heavy (non-hydrogen) atoms. The molecular formula is C17H18BrN3O2. The molecule has 2 amide bonds. The number of anilines is 1. The standard InChI is InChI=1S/C17H18BrN3O2/c1-21(16(17(19)23)12-7-3-2-4-8-12)11-15(22)20-14-10-6-5-9-13(14)18/h2-10,16H,11H2,1H3,(H2,19,23)(H,20,22). The first kappa shape index (κ1) is 17.2. The maximum absolute atomic E-state index is 12.2. The molecule has 0 aliphatic carbocycles. The van der Waals surface area contributed by atoms with Gasteiger partial charge < -0.3 is 11.1 Å². The van der Waals surface area contributed by atoms with Gasteiger partial charge in [-0.3, -0.25) is 14.5 Å². The highest BCUT2D eigenvalue weighted by atomic mass is 79.9. The van der Waals surface area contributed by atoms with E-state index in [1.165, 1.54) is 0 Å². The molecule has 0 saturated heterocycles. The van der Waals surface area contributed by atoms with Crippen LogP contribution >= 0.6 is 15.9 Å². The van der Waals surface area contributed by atoms with Crippen LogP contribution < -0.4 is 11.1 Å². The van der Waals surface area contributed by atoms with Crippen LogP contribution in [0.2, 0.25) is 0 Å². The van der Waals surface area contributed by atoms with Gasteiger partial charge in [-0.25, -0.2) is 0 Å². The van der Waals surface area contributed by atoms with Crippen molar-refractivity contribution in [3.8, 4) is 0 Å². The van der Waals surface area contributed by atoms with E-state index in [1.807, 2.05) is 48.5 Å². The van der Waals surface area contributed by atoms with E-state index < -0.39 is 11.9 Å². The number of nitrogens with one attached hydrogen (secondary N) is 1. The molecule has 0 spiro atoms. The molecule has 5 nitrogen and oxygen atoms in total. The van der Waals surface area contributed by atoms with Crippen LogP contribution in [0.1, 0.15) is 11.6 Å². The summed E-state index contributed by atoms with van der Waals surface area (Å²) in [7, 11) is 1.70. The van der Waals surface area contributed by atoms with E-state index in [1.54, 1.807) is 18.0 Å². The molecule has 0 aliphatic heterocycles. The lowest BCUT2D eigenvalue weighted by molar-refractivity contribution is -0.124. The molecule has 120 valence electrons. The lowest BCUT2D eigenvalue weighted by Gasteiger charge is -2.25. The summed E-state index contributed by atoms with van der Waals surface area (Å²) in [6.07, 6.45) is 0. The van der Waals surface area contributed by atoms with Crippen LogP contribution in [0.15, 0.2) is 59.1 Å². The number of para-hydroxylation sites is 1. The lowest BCUT2D eigenvalue weighted by Crippen LogP contribution is -2.39. The molecule has 0 aromatic heterocycles. The molecule has 2 aromatic carbocycles. The van der Waals surface area contributed by atoms with Crippen LogP contribution in [-0.4, -0.2) is 30.3 Å². The van der Waals surface area contributed by atoms with E-state index >= 15 is 0 Å². The monoisotopic (exact) mass is 375 g/mol. The highest BCUT2D eigenvalue weighted by molar-refractivity contribution is 9.10. The Morgan fingerprint density at radius 2 is 1.74 bits per heavy atom. The van der Waals surface area contributed by atoms with Crippen LogP contribution in [0.3, 0.4) is 0 Å². The van der Waals surface area contributed by atoms with E-state index in [0.717, 1.165) is 10.0 Å². The summed E-state index contributed by atoms with van der Waals surface area (Å²) in [5, 5.41) is 2.81. The van der Waals surface area contributed by atoms with Gasteiger partial charge in [0.25, 0.3) is 0 Å². The predicted octanol–water partition coefficient (Wildman–Crippen LogP) is 2.55. The fourth-order valence-corrected chi connectivity index (χ4v) is 2.73. The first-order chi connectivity index (χ1) is 11.0. The molecule has 0 radical (unpaired) electrons. The summed E-state index contributed by atoms with van der Waals surface area (Å²) in [5.41, 5.74) is 6.94. The second kappa shape index (κ2) is 7.89. The molecule has 2 rings (SSSR count). The maximum Gasteiger partial charge on any atom is 0.239 e. The zero-order valence-electron chi connectivity index (χ0n) is 12.7. The lowest BCUT2D eigenvalue weighted by atomic mass is 10.1. The number of hydrogen-bond donors (Lipinski definition) is 2. The topological polar surface area (TPSA) is 75.4 Å². The molecule has 0 saturated carbocycles. The highest BCUT2D eigenvalue weighted by Gasteiger charge is 2.24. The van der Waals surface area contributed by atoms with Gasteiger partial charge in [-0.05, 0) is 40.7 Å². The number of hydrogen-bond acceptors (Lipinski definition) is 3. The van der Waals surface area contributed by atoms with Crippen molar-refractivity contribution in [1.29, 1.82) is 0 Å². The van der Waals surface area contributed by atoms with Gasteiger partial charge in [-0.15, -0.1) is 0 Å². The van der Waals surface area contributed by atoms with Gasteiger partial charge in [0.05, 0.1) is 12.2 Å². The van der Waals surface area contributed by atoms with Crippen molar-refractivity contribution in [2.75, 3.05) is 18.9 Å². The Labute approximate surface area is 143 Å². The average Bonchev–Trinajstić information content (AvgIpc) is 2.50. The number of likely N-dealkylation sites (N-methyl/N-ethyl adjacent to an activating group) is 1. The van der Waals surface area contributed by atoms with Gasteiger partial charge >= 0.3 is 0 Å². The summed E-state index contributed by atoms with van der Waals surface area (Å²) in [5.74, 6) is -0.714. The molecule has 0 fully saturated rings. The van der Waals surface area contributed by atoms with E-state index in [-0.39, 0.29) is 12.5 Å². The van der Waals surface area contributed by atoms with Gasteiger partial charge in [-0.1, -0.05) is 42.5 Å². The second-order valence-corrected chi connectivity index (χ2v) is 6.01. The second-order valence-electron chi connectivity index (χ2n) is 5.16. The Morgan fingerprint density at radius 1 is 1.13 bits per heavy atom. The minimum atomic E-state index is -0.652. The van der Waals surface area contributed by atoms with Gasteiger partial charge in [0.2, 0.25) is 11.8 Å². The van der Waals surface area contributed by atoms with Crippen LogP contribution in [0.25, 0.3) is 0 Å². The van der Waals surface area contributed by atoms with Crippen molar-refractivity contribution >= 4 is 33.4 Å². The zero-order valence-corrected chi connectivity index (χ0v) is 14.3. The molecule has 2 aromatic rings. The highest BCUT2D eigenvalue weighted by Crippen LogP contribution is 2.22. The molecule has 0 bridgehead atoms. The zero-order chi connectivity index (χ0) is 16.8. The SMILES string of the molecule is CN(CC(=O)Nc1ccccc1Br)C(C(N)=O)c1ccccc1. The minimum absolute atomic E-state index is 0.0455. The molecule has 0 aliphatic rings. The van der Waals surface area contributed by atoms with Gasteiger partial charge in [0.15, 0.2) is 0 Å². The number of primary amides is 1. The molecule has 0 heterocycles. The Balaban J connectivity index is 2.07. The first-order valence-corrected chi connectivity index (χ1v) is 7.87. The Morgan fingerprint density at radius 3 is 2.35 bits per heavy atom. The summed E-state index contributed by atoms with van der Waals surface area (Å²) in [6, 6.07) is 15.9. The largest absolute Gasteiger partial charge is 0.368 e. The number of rotatable bonds is 6. The minimum Gasteiger partial charge on any atom is -0.368 e. The van der Waals surface area contributed by atoms with Crippen molar-refractivity contribution < 1.29 is 9.59 Å². The summed E-state index contributed by atoms with van der Waals surface area (Å²) >= 11 is 3.38. The third-order valence-electron chi connectivity index (χ3n) is 3.37. The number of benzene rings is 2. The van der Waals surface area contributed by atoms with Gasteiger partial charge in [0, 0.05) is 4.47 Å². The number of carbonyl (C=O) groups excluding carboxylic acids is 2. The fourth-order valence-electron chi connectivity index (χ4n) is 2.34. The smallest absolute Gasteiger partial charge is 0.239 e. The van der Waals surface area contributed by atoms with E-state index in [2.05, 4.69) is 21.2 Å². The number of amides is 2. The molecule has 1 atom stereocenters. The quantitative estimate of drug-likeness (QED) is 0.814. The molecule has 6 heteroatoms. The van der Waals surface area contributed by atoms with Crippen molar-refractivity contribution in [2.24, 2.45) is 5.73 Å². The van der Waals surface area contributed by atoms with Crippen LogP contribution in [0, 0.1) is 0 Å². The summed E-state index contributed by atoms with van der Waals surface area (Å²) in [4.78, 5) is 25.6. The van der Waals surface area contributed by atoms with E-state index in [0.29, 0.717) is 5.69 Å². The number of nitrogens with two attached hydrogens (primary N) is 1. The van der Waals surface area contributed by atoms with E-state index in [4.69, 9.17) is 5.73 Å². The summed E-state index contributed by atoms with van der Waals surface area (Å²) < 4.78 is 0.797.